The highest BCUT2D eigenvalue weighted by Crippen LogP contribution is 2.23. The largest absolute Gasteiger partial charge is 0.347 e. The average molecular weight is 377 g/mol. The average Bonchev–Trinajstić information content (AvgIpc) is 2.75. The van der Waals surface area contributed by atoms with Gasteiger partial charge in [-0.3, -0.25) is 14.4 Å². The monoisotopic (exact) mass is 376 g/mol. The molecule has 7 nitrogen and oxygen atoms in total. The number of hydrogen-bond acceptors (Lipinski definition) is 4. The molecule has 8 heteroatoms. The van der Waals surface area contributed by atoms with E-state index in [-0.39, 0.29) is 22.8 Å². The number of anilines is 1. The maximum atomic E-state index is 12.7. The zero-order valence-corrected chi connectivity index (χ0v) is 16.1. The molecule has 2 aromatic heterocycles. The smallest absolute Gasteiger partial charge is 0.294 e. The summed E-state index contributed by atoms with van der Waals surface area (Å²) in [6, 6.07) is 2.97. The van der Waals surface area contributed by atoms with Crippen LogP contribution in [0.2, 0.25) is 5.15 Å². The summed E-state index contributed by atoms with van der Waals surface area (Å²) in [5, 5.41) is 5.56. The van der Waals surface area contributed by atoms with Crippen molar-refractivity contribution in [3.8, 4) is 0 Å². The van der Waals surface area contributed by atoms with Gasteiger partial charge in [0.15, 0.2) is 0 Å². The molecule has 0 spiro atoms. The minimum absolute atomic E-state index is 0.160. The zero-order chi connectivity index (χ0) is 19.6. The Labute approximate surface area is 156 Å². The van der Waals surface area contributed by atoms with Gasteiger partial charge in [-0.25, -0.2) is 4.98 Å². The summed E-state index contributed by atoms with van der Waals surface area (Å²) >= 11 is 5.83. The molecular weight excluding hydrogens is 356 g/mol. The molecule has 26 heavy (non-hydrogen) atoms. The van der Waals surface area contributed by atoms with E-state index in [1.165, 1.54) is 12.3 Å². The second-order valence-electron chi connectivity index (χ2n) is 6.27. The third-order valence-corrected chi connectivity index (χ3v) is 4.19. The molecule has 0 aliphatic heterocycles. The van der Waals surface area contributed by atoms with Gasteiger partial charge in [-0.05, 0) is 45.4 Å². The highest BCUT2D eigenvalue weighted by atomic mass is 35.5. The molecule has 0 bridgehead atoms. The predicted molar refractivity (Wildman–Crippen MR) is 99.7 cm³/mol. The molecule has 0 saturated heterocycles. The molecule has 2 aromatic rings. The van der Waals surface area contributed by atoms with Crippen molar-refractivity contribution in [1.82, 2.24) is 14.9 Å². The summed E-state index contributed by atoms with van der Waals surface area (Å²) in [4.78, 5) is 41.2. The first-order valence-electron chi connectivity index (χ1n) is 8.07. The molecule has 2 heterocycles. The number of carbonyl (C=O) groups is 3. The second-order valence-corrected chi connectivity index (χ2v) is 6.66. The lowest BCUT2D eigenvalue weighted by molar-refractivity contribution is -0.117. The van der Waals surface area contributed by atoms with Crippen LogP contribution in [0.25, 0.3) is 0 Å². The quantitative estimate of drug-likeness (QED) is 0.476. The van der Waals surface area contributed by atoms with Crippen molar-refractivity contribution in [3.05, 3.63) is 46.0 Å². The maximum absolute atomic E-state index is 12.7. The number of rotatable bonds is 5. The molecule has 0 unspecified atom stereocenters. The molecule has 138 valence electrons. The fourth-order valence-electron chi connectivity index (χ4n) is 2.74. The van der Waals surface area contributed by atoms with Crippen LogP contribution in [-0.2, 0) is 11.8 Å². The van der Waals surface area contributed by atoms with E-state index in [0.717, 1.165) is 0 Å². The summed E-state index contributed by atoms with van der Waals surface area (Å²) in [5.41, 5.74) is 2.06. The molecular formula is C18H21ClN4O3. The highest BCUT2D eigenvalue weighted by molar-refractivity contribution is 6.43. The number of pyridine rings is 1. The van der Waals surface area contributed by atoms with E-state index < -0.39 is 11.7 Å². The highest BCUT2D eigenvalue weighted by Gasteiger charge is 2.28. The number of halogens is 1. The number of aromatic nitrogens is 2. The van der Waals surface area contributed by atoms with Crippen LogP contribution in [0.5, 0.6) is 0 Å². The van der Waals surface area contributed by atoms with Gasteiger partial charge < -0.3 is 15.2 Å². The van der Waals surface area contributed by atoms with Crippen molar-refractivity contribution in [2.45, 2.75) is 33.7 Å². The first-order valence-corrected chi connectivity index (χ1v) is 8.45. The third-order valence-electron chi connectivity index (χ3n) is 3.98. The molecule has 0 aliphatic rings. The number of amides is 2. The topological polar surface area (TPSA) is 93.1 Å². The van der Waals surface area contributed by atoms with Crippen LogP contribution < -0.4 is 10.6 Å². The minimum Gasteiger partial charge on any atom is -0.347 e. The first kappa shape index (κ1) is 19.7. The van der Waals surface area contributed by atoms with Crippen molar-refractivity contribution >= 4 is 34.9 Å². The van der Waals surface area contributed by atoms with Gasteiger partial charge in [-0.2, -0.15) is 0 Å². The van der Waals surface area contributed by atoms with E-state index in [1.54, 1.807) is 45.4 Å². The molecule has 0 saturated carbocycles. The van der Waals surface area contributed by atoms with E-state index in [9.17, 15) is 14.4 Å². The van der Waals surface area contributed by atoms with Crippen molar-refractivity contribution < 1.29 is 14.4 Å². The van der Waals surface area contributed by atoms with Crippen LogP contribution in [0, 0.1) is 13.8 Å². The second kappa shape index (κ2) is 7.70. The summed E-state index contributed by atoms with van der Waals surface area (Å²) in [6.45, 7) is 6.91. The Morgan fingerprint density at radius 1 is 1.23 bits per heavy atom. The Morgan fingerprint density at radius 3 is 2.46 bits per heavy atom. The molecule has 0 aromatic carbocycles. The standard InChI is InChI=1S/C18H21ClN4O3/c1-9(2)21-18(26)16(24)15-10(3)14(11(4)23(15)5)17(25)22-12-6-7-20-13(19)8-12/h6-9H,1-5H3,(H,21,26)(H,20,22,25). The third kappa shape index (κ3) is 3.94. The molecule has 0 radical (unpaired) electrons. The van der Waals surface area contributed by atoms with Gasteiger partial charge in [0.05, 0.1) is 11.3 Å². The Kier molecular flexibility index (Phi) is 5.82. The molecule has 0 fully saturated rings. The first-order chi connectivity index (χ1) is 12.1. The van der Waals surface area contributed by atoms with Gasteiger partial charge in [0.2, 0.25) is 0 Å². The summed E-state index contributed by atoms with van der Waals surface area (Å²) in [6.07, 6.45) is 1.48. The van der Waals surface area contributed by atoms with Crippen LogP contribution in [0.4, 0.5) is 5.69 Å². The number of nitrogens with zero attached hydrogens (tertiary/aromatic N) is 2. The fourth-order valence-corrected chi connectivity index (χ4v) is 2.92. The van der Waals surface area contributed by atoms with E-state index in [0.29, 0.717) is 22.5 Å². The van der Waals surface area contributed by atoms with Gasteiger partial charge in [0.1, 0.15) is 5.15 Å². The van der Waals surface area contributed by atoms with Crippen molar-refractivity contribution in [3.63, 3.8) is 0 Å². The molecule has 0 aliphatic carbocycles. The van der Waals surface area contributed by atoms with Crippen molar-refractivity contribution in [2.75, 3.05) is 5.32 Å². The van der Waals surface area contributed by atoms with Crippen LogP contribution in [-0.4, -0.2) is 33.2 Å². The van der Waals surface area contributed by atoms with E-state index in [1.807, 2.05) is 0 Å². The number of Topliss-reactive ketones (excluding diaryl/α,β-unsaturated/α-hetero) is 1. The van der Waals surface area contributed by atoms with Gasteiger partial charge in [0.25, 0.3) is 17.6 Å². The lowest BCUT2D eigenvalue weighted by Gasteiger charge is -2.09. The maximum Gasteiger partial charge on any atom is 0.294 e. The molecule has 0 atom stereocenters. The Bertz CT molecular complexity index is 887. The SMILES string of the molecule is Cc1c(C(=O)Nc2ccnc(Cl)c2)c(C)n(C)c1C(=O)C(=O)NC(C)C. The minimum atomic E-state index is -0.698. The summed E-state index contributed by atoms with van der Waals surface area (Å²) < 4.78 is 1.56. The van der Waals surface area contributed by atoms with Crippen LogP contribution in [0.1, 0.15) is 46.0 Å². The number of carbonyl (C=O) groups excluding carboxylic acids is 3. The van der Waals surface area contributed by atoms with Gasteiger partial charge in [-0.1, -0.05) is 11.6 Å². The lowest BCUT2D eigenvalue weighted by atomic mass is 10.1. The van der Waals surface area contributed by atoms with Crippen molar-refractivity contribution in [2.24, 2.45) is 7.05 Å². The summed E-state index contributed by atoms with van der Waals surface area (Å²) in [5.74, 6) is -1.76. The predicted octanol–water partition coefficient (Wildman–Crippen LogP) is 2.65. The van der Waals surface area contributed by atoms with Gasteiger partial charge >= 0.3 is 0 Å². The molecule has 2 N–H and O–H groups in total. The Balaban J connectivity index is 2.38. The van der Waals surface area contributed by atoms with Crippen LogP contribution in [0.3, 0.4) is 0 Å². The Hall–Kier alpha value is -2.67. The van der Waals surface area contributed by atoms with E-state index >= 15 is 0 Å². The van der Waals surface area contributed by atoms with Crippen molar-refractivity contribution in [1.29, 1.82) is 0 Å². The molecule has 2 rings (SSSR count). The number of ketones is 1. The number of hydrogen-bond donors (Lipinski definition) is 2. The normalized spacial score (nSPS) is 10.7. The van der Waals surface area contributed by atoms with Gasteiger partial charge in [0, 0.05) is 30.7 Å². The number of nitrogens with one attached hydrogen (secondary N) is 2. The summed E-state index contributed by atoms with van der Waals surface area (Å²) in [7, 11) is 1.65. The fraction of sp³-hybridized carbons (Fsp3) is 0.333. The van der Waals surface area contributed by atoms with E-state index in [2.05, 4.69) is 15.6 Å². The van der Waals surface area contributed by atoms with Crippen LogP contribution >= 0.6 is 11.6 Å². The Morgan fingerprint density at radius 2 is 1.88 bits per heavy atom. The van der Waals surface area contributed by atoms with Crippen LogP contribution in [0.15, 0.2) is 18.3 Å². The van der Waals surface area contributed by atoms with Gasteiger partial charge in [-0.15, -0.1) is 0 Å². The molecule has 2 amide bonds. The lowest BCUT2D eigenvalue weighted by Crippen LogP contribution is -2.37. The zero-order valence-electron chi connectivity index (χ0n) is 15.3. The van der Waals surface area contributed by atoms with E-state index in [4.69, 9.17) is 11.6 Å².